The molecule has 0 radical (unpaired) electrons. The van der Waals surface area contributed by atoms with E-state index in [1.807, 2.05) is 11.8 Å². The standard InChI is InChI=1S/C11H21NOS/c1-14-11-5-4-9(7-11)12-8-10-3-2-6-13-10/h9-12H,2-8H2,1H3. The Balaban J connectivity index is 1.61. The zero-order chi connectivity index (χ0) is 9.80. The van der Waals surface area contributed by atoms with E-state index in [-0.39, 0.29) is 0 Å². The fourth-order valence-corrected chi connectivity index (χ4v) is 3.24. The molecular formula is C11H21NOS. The van der Waals surface area contributed by atoms with Crippen LogP contribution in [0.2, 0.25) is 0 Å². The molecule has 82 valence electrons. The van der Waals surface area contributed by atoms with E-state index in [0.717, 1.165) is 24.4 Å². The van der Waals surface area contributed by atoms with Gasteiger partial charge in [0.25, 0.3) is 0 Å². The van der Waals surface area contributed by atoms with Crippen molar-refractivity contribution in [2.45, 2.75) is 49.5 Å². The fraction of sp³-hybridized carbons (Fsp3) is 1.00. The van der Waals surface area contributed by atoms with Crippen molar-refractivity contribution in [3.8, 4) is 0 Å². The van der Waals surface area contributed by atoms with Gasteiger partial charge in [0.15, 0.2) is 0 Å². The highest BCUT2D eigenvalue weighted by Crippen LogP contribution is 2.28. The number of hydrogen-bond acceptors (Lipinski definition) is 3. The molecule has 0 aromatic rings. The van der Waals surface area contributed by atoms with Gasteiger partial charge in [0.05, 0.1) is 6.10 Å². The Morgan fingerprint density at radius 2 is 2.29 bits per heavy atom. The second-order valence-corrected chi connectivity index (χ2v) is 5.55. The third kappa shape index (κ3) is 2.88. The Hall–Kier alpha value is 0.270. The van der Waals surface area contributed by atoms with Crippen molar-refractivity contribution in [1.82, 2.24) is 5.32 Å². The summed E-state index contributed by atoms with van der Waals surface area (Å²) < 4.78 is 5.60. The molecule has 0 aromatic carbocycles. The van der Waals surface area contributed by atoms with E-state index in [9.17, 15) is 0 Å². The zero-order valence-corrected chi connectivity index (χ0v) is 9.81. The van der Waals surface area contributed by atoms with Crippen molar-refractivity contribution in [2.75, 3.05) is 19.4 Å². The van der Waals surface area contributed by atoms with Crippen molar-refractivity contribution < 1.29 is 4.74 Å². The molecule has 3 atom stereocenters. The molecule has 1 saturated heterocycles. The van der Waals surface area contributed by atoms with E-state index < -0.39 is 0 Å². The molecule has 1 saturated carbocycles. The Morgan fingerprint density at radius 1 is 1.36 bits per heavy atom. The molecule has 2 nitrogen and oxygen atoms in total. The lowest BCUT2D eigenvalue weighted by atomic mass is 10.2. The molecule has 2 rings (SSSR count). The second-order valence-electron chi connectivity index (χ2n) is 4.41. The monoisotopic (exact) mass is 215 g/mol. The Bertz CT molecular complexity index is 171. The number of nitrogens with one attached hydrogen (secondary N) is 1. The van der Waals surface area contributed by atoms with Gasteiger partial charge in [-0.1, -0.05) is 0 Å². The lowest BCUT2D eigenvalue weighted by Gasteiger charge is -2.16. The Kier molecular flexibility index (Phi) is 4.14. The molecule has 1 aliphatic carbocycles. The number of rotatable bonds is 4. The molecule has 3 heteroatoms. The van der Waals surface area contributed by atoms with Gasteiger partial charge in [-0.2, -0.15) is 11.8 Å². The lowest BCUT2D eigenvalue weighted by molar-refractivity contribution is 0.107. The van der Waals surface area contributed by atoms with E-state index in [2.05, 4.69) is 11.6 Å². The van der Waals surface area contributed by atoms with Crippen LogP contribution in [-0.2, 0) is 4.74 Å². The lowest BCUT2D eigenvalue weighted by Crippen LogP contribution is -2.33. The van der Waals surface area contributed by atoms with Gasteiger partial charge in [0.2, 0.25) is 0 Å². The summed E-state index contributed by atoms with van der Waals surface area (Å²) in [7, 11) is 0. The Labute approximate surface area is 91.2 Å². The first-order chi connectivity index (χ1) is 6.88. The Morgan fingerprint density at radius 3 is 2.93 bits per heavy atom. The summed E-state index contributed by atoms with van der Waals surface area (Å²) >= 11 is 2.02. The van der Waals surface area contributed by atoms with Crippen LogP contribution >= 0.6 is 11.8 Å². The summed E-state index contributed by atoms with van der Waals surface area (Å²) in [5, 5.41) is 4.55. The molecule has 1 heterocycles. The minimum atomic E-state index is 0.503. The summed E-state index contributed by atoms with van der Waals surface area (Å²) in [5.41, 5.74) is 0. The maximum absolute atomic E-state index is 5.60. The van der Waals surface area contributed by atoms with Crippen LogP contribution in [0.3, 0.4) is 0 Å². The highest BCUT2D eigenvalue weighted by molar-refractivity contribution is 7.99. The van der Waals surface area contributed by atoms with E-state index in [1.165, 1.54) is 32.1 Å². The molecule has 0 spiro atoms. The topological polar surface area (TPSA) is 21.3 Å². The van der Waals surface area contributed by atoms with Gasteiger partial charge in [-0.25, -0.2) is 0 Å². The largest absolute Gasteiger partial charge is 0.377 e. The third-order valence-electron chi connectivity index (χ3n) is 3.38. The summed E-state index contributed by atoms with van der Waals surface area (Å²) in [6.07, 6.45) is 9.35. The third-order valence-corrected chi connectivity index (χ3v) is 4.47. The van der Waals surface area contributed by atoms with Crippen LogP contribution in [0.5, 0.6) is 0 Å². The second kappa shape index (κ2) is 5.38. The molecule has 2 aliphatic rings. The number of hydrogen-bond donors (Lipinski definition) is 1. The first-order valence-electron chi connectivity index (χ1n) is 5.76. The molecule has 0 bridgehead atoms. The van der Waals surface area contributed by atoms with Gasteiger partial charge >= 0.3 is 0 Å². The maximum Gasteiger partial charge on any atom is 0.0700 e. The smallest absolute Gasteiger partial charge is 0.0700 e. The molecule has 1 N–H and O–H groups in total. The number of thioether (sulfide) groups is 1. The zero-order valence-electron chi connectivity index (χ0n) is 9.00. The molecule has 14 heavy (non-hydrogen) atoms. The molecular weight excluding hydrogens is 194 g/mol. The van der Waals surface area contributed by atoms with E-state index >= 15 is 0 Å². The van der Waals surface area contributed by atoms with Crippen LogP contribution in [0.4, 0.5) is 0 Å². The molecule has 1 aliphatic heterocycles. The van der Waals surface area contributed by atoms with Crippen molar-refractivity contribution in [1.29, 1.82) is 0 Å². The van der Waals surface area contributed by atoms with Gasteiger partial charge in [-0.3, -0.25) is 0 Å². The average Bonchev–Trinajstić information content (AvgIpc) is 2.86. The van der Waals surface area contributed by atoms with Crippen LogP contribution in [0.15, 0.2) is 0 Å². The summed E-state index contributed by atoms with van der Waals surface area (Å²) in [4.78, 5) is 0. The first kappa shape index (κ1) is 10.8. The molecule has 2 fully saturated rings. The minimum absolute atomic E-state index is 0.503. The minimum Gasteiger partial charge on any atom is -0.377 e. The highest BCUT2D eigenvalue weighted by atomic mass is 32.2. The summed E-state index contributed by atoms with van der Waals surface area (Å²) in [5.74, 6) is 0. The van der Waals surface area contributed by atoms with Crippen molar-refractivity contribution in [2.24, 2.45) is 0 Å². The summed E-state index contributed by atoms with van der Waals surface area (Å²) in [6.45, 7) is 2.05. The van der Waals surface area contributed by atoms with E-state index in [1.54, 1.807) is 0 Å². The molecule has 0 aromatic heterocycles. The van der Waals surface area contributed by atoms with Crippen LogP contribution in [-0.4, -0.2) is 36.8 Å². The molecule has 0 amide bonds. The van der Waals surface area contributed by atoms with Gasteiger partial charge in [-0.15, -0.1) is 0 Å². The van der Waals surface area contributed by atoms with Crippen molar-refractivity contribution in [3.63, 3.8) is 0 Å². The molecule has 3 unspecified atom stereocenters. The van der Waals surface area contributed by atoms with E-state index in [4.69, 9.17) is 4.74 Å². The van der Waals surface area contributed by atoms with Crippen molar-refractivity contribution in [3.05, 3.63) is 0 Å². The van der Waals surface area contributed by atoms with Gasteiger partial charge in [0, 0.05) is 24.4 Å². The quantitative estimate of drug-likeness (QED) is 0.775. The number of ether oxygens (including phenoxy) is 1. The first-order valence-corrected chi connectivity index (χ1v) is 7.05. The average molecular weight is 215 g/mol. The van der Waals surface area contributed by atoms with Crippen LogP contribution in [0, 0.1) is 0 Å². The van der Waals surface area contributed by atoms with Crippen LogP contribution < -0.4 is 5.32 Å². The van der Waals surface area contributed by atoms with E-state index in [0.29, 0.717) is 6.10 Å². The summed E-state index contributed by atoms with van der Waals surface area (Å²) in [6, 6.07) is 0.761. The predicted molar refractivity (Wildman–Crippen MR) is 61.9 cm³/mol. The highest BCUT2D eigenvalue weighted by Gasteiger charge is 2.24. The van der Waals surface area contributed by atoms with Crippen LogP contribution in [0.25, 0.3) is 0 Å². The van der Waals surface area contributed by atoms with Gasteiger partial charge in [0.1, 0.15) is 0 Å². The normalized spacial score (nSPS) is 37.9. The predicted octanol–water partition coefficient (Wildman–Crippen LogP) is 2.04. The SMILES string of the molecule is CSC1CCC(NCC2CCCO2)C1. The maximum atomic E-state index is 5.60. The van der Waals surface area contributed by atoms with Crippen LogP contribution in [0.1, 0.15) is 32.1 Å². The van der Waals surface area contributed by atoms with Gasteiger partial charge < -0.3 is 10.1 Å². The van der Waals surface area contributed by atoms with Crippen molar-refractivity contribution >= 4 is 11.8 Å². The fourth-order valence-electron chi connectivity index (χ4n) is 2.44. The van der Waals surface area contributed by atoms with Gasteiger partial charge in [-0.05, 0) is 38.4 Å².